The number of carbonyl (C=O) groups excluding carboxylic acids is 1. The summed E-state index contributed by atoms with van der Waals surface area (Å²) in [5, 5.41) is 2.21. The summed E-state index contributed by atoms with van der Waals surface area (Å²) >= 11 is 0. The van der Waals surface area contributed by atoms with Crippen molar-refractivity contribution in [2.45, 2.75) is 13.8 Å². The second-order valence-corrected chi connectivity index (χ2v) is 5.70. The SMILES string of the molecule is CCOc1ccc2ccccc2c1/C=C/C(=O)c1ccc(C)cc1. The maximum absolute atomic E-state index is 12.4. The van der Waals surface area contributed by atoms with Crippen molar-refractivity contribution in [2.75, 3.05) is 6.61 Å². The van der Waals surface area contributed by atoms with E-state index >= 15 is 0 Å². The first-order valence-electron chi connectivity index (χ1n) is 8.12. The van der Waals surface area contributed by atoms with Gasteiger partial charge in [-0.25, -0.2) is 0 Å². The lowest BCUT2D eigenvalue weighted by Gasteiger charge is -2.10. The van der Waals surface area contributed by atoms with Crippen LogP contribution in [-0.2, 0) is 0 Å². The van der Waals surface area contributed by atoms with Crippen LogP contribution >= 0.6 is 0 Å². The highest BCUT2D eigenvalue weighted by molar-refractivity contribution is 6.08. The number of rotatable bonds is 5. The zero-order valence-corrected chi connectivity index (χ0v) is 14.0. The highest BCUT2D eigenvalue weighted by Gasteiger charge is 2.07. The molecule has 2 heteroatoms. The van der Waals surface area contributed by atoms with E-state index in [1.54, 1.807) is 6.08 Å². The van der Waals surface area contributed by atoms with Gasteiger partial charge in [0, 0.05) is 11.1 Å². The number of carbonyl (C=O) groups is 1. The molecule has 0 bridgehead atoms. The van der Waals surface area contributed by atoms with Crippen molar-refractivity contribution in [2.24, 2.45) is 0 Å². The Morgan fingerprint density at radius 2 is 1.75 bits per heavy atom. The quantitative estimate of drug-likeness (QED) is 0.462. The normalized spacial score (nSPS) is 11.1. The molecule has 3 aromatic carbocycles. The number of allylic oxidation sites excluding steroid dienone is 1. The number of ketones is 1. The van der Waals surface area contributed by atoms with E-state index in [4.69, 9.17) is 4.74 Å². The molecular formula is C22H20O2. The van der Waals surface area contributed by atoms with Crippen LogP contribution in [0.2, 0.25) is 0 Å². The molecule has 0 heterocycles. The van der Waals surface area contributed by atoms with Gasteiger partial charge in [0.05, 0.1) is 6.61 Å². The summed E-state index contributed by atoms with van der Waals surface area (Å²) < 4.78 is 5.74. The minimum Gasteiger partial charge on any atom is -0.493 e. The van der Waals surface area contributed by atoms with Crippen LogP contribution in [0.3, 0.4) is 0 Å². The predicted molar refractivity (Wildman–Crippen MR) is 99.7 cm³/mol. The van der Waals surface area contributed by atoms with Crippen LogP contribution in [-0.4, -0.2) is 12.4 Å². The second-order valence-electron chi connectivity index (χ2n) is 5.70. The largest absolute Gasteiger partial charge is 0.493 e. The Labute approximate surface area is 142 Å². The smallest absolute Gasteiger partial charge is 0.185 e. The highest BCUT2D eigenvalue weighted by atomic mass is 16.5. The Morgan fingerprint density at radius 1 is 1.00 bits per heavy atom. The second kappa shape index (κ2) is 7.14. The maximum atomic E-state index is 12.4. The van der Waals surface area contributed by atoms with Crippen molar-refractivity contribution in [3.05, 3.63) is 83.4 Å². The fourth-order valence-electron chi connectivity index (χ4n) is 2.70. The lowest BCUT2D eigenvalue weighted by molar-refractivity contribution is 0.104. The van der Waals surface area contributed by atoms with E-state index in [1.165, 1.54) is 0 Å². The molecule has 2 nitrogen and oxygen atoms in total. The van der Waals surface area contributed by atoms with Crippen molar-refractivity contribution in [1.29, 1.82) is 0 Å². The molecule has 3 aromatic rings. The number of ether oxygens (including phenoxy) is 1. The highest BCUT2D eigenvalue weighted by Crippen LogP contribution is 2.29. The fourth-order valence-corrected chi connectivity index (χ4v) is 2.70. The van der Waals surface area contributed by atoms with Gasteiger partial charge in [0.25, 0.3) is 0 Å². The van der Waals surface area contributed by atoms with Crippen LogP contribution < -0.4 is 4.74 Å². The van der Waals surface area contributed by atoms with Crippen molar-refractivity contribution >= 4 is 22.6 Å². The minimum atomic E-state index is -0.00890. The Bertz CT molecular complexity index is 889. The molecule has 0 amide bonds. The van der Waals surface area contributed by atoms with Gasteiger partial charge in [-0.05, 0) is 42.8 Å². The topological polar surface area (TPSA) is 26.3 Å². The van der Waals surface area contributed by atoms with Gasteiger partial charge in [0.2, 0.25) is 0 Å². The lowest BCUT2D eigenvalue weighted by atomic mass is 10.0. The molecule has 0 aromatic heterocycles. The first-order valence-corrected chi connectivity index (χ1v) is 8.12. The lowest BCUT2D eigenvalue weighted by Crippen LogP contribution is -1.96. The fraction of sp³-hybridized carbons (Fsp3) is 0.136. The van der Waals surface area contributed by atoms with Crippen LogP contribution in [0.1, 0.15) is 28.4 Å². The molecule has 0 spiro atoms. The van der Waals surface area contributed by atoms with Gasteiger partial charge in [-0.15, -0.1) is 0 Å². The molecular weight excluding hydrogens is 296 g/mol. The summed E-state index contributed by atoms with van der Waals surface area (Å²) in [6.45, 7) is 4.56. The molecule has 0 N–H and O–H groups in total. The third-order valence-corrected chi connectivity index (χ3v) is 3.97. The van der Waals surface area contributed by atoms with Crippen molar-refractivity contribution in [1.82, 2.24) is 0 Å². The molecule has 0 aliphatic carbocycles. The van der Waals surface area contributed by atoms with E-state index in [1.807, 2.05) is 74.5 Å². The predicted octanol–water partition coefficient (Wildman–Crippen LogP) is 5.44. The van der Waals surface area contributed by atoms with Gasteiger partial charge in [0.1, 0.15) is 5.75 Å². The molecule has 24 heavy (non-hydrogen) atoms. The average Bonchev–Trinajstić information content (AvgIpc) is 2.61. The third-order valence-electron chi connectivity index (χ3n) is 3.97. The first kappa shape index (κ1) is 16.0. The summed E-state index contributed by atoms with van der Waals surface area (Å²) in [6, 6.07) is 19.7. The van der Waals surface area contributed by atoms with Crippen LogP contribution in [0.5, 0.6) is 5.75 Å². The van der Waals surface area contributed by atoms with Gasteiger partial charge in [-0.1, -0.05) is 60.2 Å². The van der Waals surface area contributed by atoms with Gasteiger partial charge in [0.15, 0.2) is 5.78 Å². The van der Waals surface area contributed by atoms with E-state index in [9.17, 15) is 4.79 Å². The van der Waals surface area contributed by atoms with Crippen LogP contribution in [0.15, 0.2) is 66.7 Å². The summed E-state index contributed by atoms with van der Waals surface area (Å²) in [5.74, 6) is 0.787. The summed E-state index contributed by atoms with van der Waals surface area (Å²) in [4.78, 5) is 12.4. The van der Waals surface area contributed by atoms with Gasteiger partial charge in [-0.3, -0.25) is 4.79 Å². The monoisotopic (exact) mass is 316 g/mol. The molecule has 0 unspecified atom stereocenters. The van der Waals surface area contributed by atoms with Gasteiger partial charge >= 0.3 is 0 Å². The van der Waals surface area contributed by atoms with Gasteiger partial charge < -0.3 is 4.74 Å². The van der Waals surface area contributed by atoms with E-state index in [-0.39, 0.29) is 5.78 Å². The minimum absolute atomic E-state index is 0.00890. The van der Waals surface area contributed by atoms with Crippen LogP contribution in [0.25, 0.3) is 16.8 Å². The third kappa shape index (κ3) is 3.38. The number of hydrogen-bond donors (Lipinski definition) is 0. The Kier molecular flexibility index (Phi) is 4.76. The molecule has 0 saturated heterocycles. The Hall–Kier alpha value is -2.87. The van der Waals surface area contributed by atoms with Crippen molar-refractivity contribution in [3.8, 4) is 5.75 Å². The van der Waals surface area contributed by atoms with Crippen LogP contribution in [0.4, 0.5) is 0 Å². The Balaban J connectivity index is 1.99. The zero-order valence-electron chi connectivity index (χ0n) is 14.0. The van der Waals surface area contributed by atoms with E-state index in [2.05, 4.69) is 6.07 Å². The molecule has 0 aliphatic rings. The molecule has 3 rings (SSSR count). The molecule has 0 atom stereocenters. The zero-order chi connectivity index (χ0) is 16.9. The Morgan fingerprint density at radius 3 is 2.50 bits per heavy atom. The van der Waals surface area contributed by atoms with E-state index in [0.29, 0.717) is 12.2 Å². The first-order chi connectivity index (χ1) is 11.7. The van der Waals surface area contributed by atoms with E-state index in [0.717, 1.165) is 27.6 Å². The summed E-state index contributed by atoms with van der Waals surface area (Å²) in [6.07, 6.45) is 3.48. The van der Waals surface area contributed by atoms with Crippen LogP contribution in [0, 0.1) is 6.92 Å². The summed E-state index contributed by atoms with van der Waals surface area (Å²) in [7, 11) is 0. The standard InChI is InChI=1S/C22H20O2/c1-3-24-22-15-12-17-6-4-5-7-19(17)20(22)13-14-21(23)18-10-8-16(2)9-11-18/h4-15H,3H2,1-2H3/b14-13+. The van der Waals surface area contributed by atoms with E-state index < -0.39 is 0 Å². The van der Waals surface area contributed by atoms with Crippen molar-refractivity contribution in [3.63, 3.8) is 0 Å². The maximum Gasteiger partial charge on any atom is 0.185 e. The number of hydrogen-bond acceptors (Lipinski definition) is 2. The molecule has 120 valence electrons. The molecule has 0 aliphatic heterocycles. The van der Waals surface area contributed by atoms with Crippen molar-refractivity contribution < 1.29 is 9.53 Å². The molecule has 0 saturated carbocycles. The number of benzene rings is 3. The average molecular weight is 316 g/mol. The summed E-state index contributed by atoms with van der Waals surface area (Å²) in [5.41, 5.74) is 2.77. The molecule has 0 fully saturated rings. The van der Waals surface area contributed by atoms with Gasteiger partial charge in [-0.2, -0.15) is 0 Å². The molecule has 0 radical (unpaired) electrons. The number of fused-ring (bicyclic) bond motifs is 1. The number of aryl methyl sites for hydroxylation is 1.